The third kappa shape index (κ3) is 8.19. The molecule has 0 aromatic heterocycles. The van der Waals surface area contributed by atoms with Gasteiger partial charge < -0.3 is 25.4 Å². The van der Waals surface area contributed by atoms with Crippen LogP contribution in [0.15, 0.2) is 42.5 Å². The summed E-state index contributed by atoms with van der Waals surface area (Å²) in [5.74, 6) is -0.287. The van der Waals surface area contributed by atoms with Crippen molar-refractivity contribution in [3.63, 3.8) is 0 Å². The Hall–Kier alpha value is -3.20. The number of phenolic OH excluding ortho intramolecular Hbond substituents is 1. The van der Waals surface area contributed by atoms with Gasteiger partial charge in [-0.05, 0) is 81.9 Å². The predicted octanol–water partition coefficient (Wildman–Crippen LogP) is 4.79. The highest BCUT2D eigenvalue weighted by Crippen LogP contribution is 2.28. The van der Waals surface area contributed by atoms with Gasteiger partial charge in [-0.2, -0.15) is 11.8 Å². The summed E-state index contributed by atoms with van der Waals surface area (Å²) in [6.45, 7) is 9.02. The van der Waals surface area contributed by atoms with E-state index >= 15 is 0 Å². The van der Waals surface area contributed by atoms with Crippen LogP contribution in [0.1, 0.15) is 49.9 Å². The molecule has 0 fully saturated rings. The molecule has 0 radical (unpaired) electrons. The minimum atomic E-state index is -1.05. The molecule has 0 aliphatic rings. The maximum absolute atomic E-state index is 13.6. The highest BCUT2D eigenvalue weighted by atomic mass is 32.2. The number of hydrogen-bond donors (Lipinski definition) is 3. The van der Waals surface area contributed by atoms with Crippen molar-refractivity contribution in [2.75, 3.05) is 24.4 Å². The van der Waals surface area contributed by atoms with Gasteiger partial charge in [-0.1, -0.05) is 30.3 Å². The van der Waals surface area contributed by atoms with Crippen LogP contribution in [0.2, 0.25) is 0 Å². The first-order valence-corrected chi connectivity index (χ1v) is 13.1. The van der Waals surface area contributed by atoms with Crippen molar-refractivity contribution in [1.29, 1.82) is 0 Å². The van der Waals surface area contributed by atoms with Crippen LogP contribution >= 0.6 is 11.8 Å². The monoisotopic (exact) mass is 515 g/mol. The van der Waals surface area contributed by atoms with E-state index in [9.17, 15) is 19.5 Å². The molecule has 3 N–H and O–H groups in total. The second-order valence-corrected chi connectivity index (χ2v) is 10.7. The van der Waals surface area contributed by atoms with Crippen LogP contribution in [-0.2, 0) is 14.3 Å². The van der Waals surface area contributed by atoms with E-state index in [1.54, 1.807) is 44.7 Å². The Bertz CT molecular complexity index is 1060. The van der Waals surface area contributed by atoms with E-state index in [4.69, 9.17) is 4.74 Å². The number of aryl methyl sites for hydroxylation is 2. The van der Waals surface area contributed by atoms with Crippen molar-refractivity contribution in [2.45, 2.75) is 58.7 Å². The van der Waals surface area contributed by atoms with Gasteiger partial charge in [0.1, 0.15) is 23.4 Å². The first-order chi connectivity index (χ1) is 16.8. The van der Waals surface area contributed by atoms with Gasteiger partial charge in [-0.3, -0.25) is 9.59 Å². The van der Waals surface area contributed by atoms with Crippen LogP contribution in [-0.4, -0.2) is 58.6 Å². The van der Waals surface area contributed by atoms with E-state index in [0.717, 1.165) is 11.1 Å². The molecule has 2 aromatic carbocycles. The van der Waals surface area contributed by atoms with Crippen molar-refractivity contribution in [3.8, 4) is 5.75 Å². The van der Waals surface area contributed by atoms with E-state index in [1.165, 1.54) is 24.1 Å². The van der Waals surface area contributed by atoms with E-state index in [0.29, 0.717) is 23.4 Å². The van der Waals surface area contributed by atoms with Gasteiger partial charge in [0.15, 0.2) is 0 Å². The number of amides is 3. The molecule has 196 valence electrons. The van der Waals surface area contributed by atoms with Crippen molar-refractivity contribution in [2.24, 2.45) is 0 Å². The van der Waals surface area contributed by atoms with E-state index in [-0.39, 0.29) is 5.75 Å². The van der Waals surface area contributed by atoms with Gasteiger partial charge in [0.25, 0.3) is 5.91 Å². The molecular weight excluding hydrogens is 478 g/mol. The number of likely N-dealkylation sites (N-methyl/N-ethyl adjacent to an activating group) is 1. The number of thioether (sulfide) groups is 1. The van der Waals surface area contributed by atoms with Crippen molar-refractivity contribution < 1.29 is 24.2 Å². The highest BCUT2D eigenvalue weighted by Gasteiger charge is 2.34. The number of ether oxygens (including phenoxy) is 1. The fraction of sp³-hybridized carbons (Fsp3) is 0.444. The van der Waals surface area contributed by atoms with Crippen molar-refractivity contribution >= 4 is 35.4 Å². The number of hydrogen-bond acceptors (Lipinski definition) is 6. The minimum Gasteiger partial charge on any atom is -0.508 e. The Kier molecular flexibility index (Phi) is 10.2. The molecule has 0 saturated carbocycles. The van der Waals surface area contributed by atoms with E-state index in [1.807, 2.05) is 38.3 Å². The summed E-state index contributed by atoms with van der Waals surface area (Å²) in [5.41, 5.74) is 2.15. The maximum Gasteiger partial charge on any atom is 0.408 e. The molecule has 3 amide bonds. The molecule has 36 heavy (non-hydrogen) atoms. The number of phenols is 1. The fourth-order valence-corrected chi connectivity index (χ4v) is 4.24. The van der Waals surface area contributed by atoms with Crippen molar-refractivity contribution in [3.05, 3.63) is 59.2 Å². The summed E-state index contributed by atoms with van der Waals surface area (Å²) in [6.07, 6.45) is 1.56. The molecular formula is C27H37N3O5S. The van der Waals surface area contributed by atoms with Crippen molar-refractivity contribution in [1.82, 2.24) is 10.2 Å². The summed E-state index contributed by atoms with van der Waals surface area (Å²) in [5, 5.41) is 15.7. The molecule has 2 unspecified atom stereocenters. The first-order valence-electron chi connectivity index (χ1n) is 11.7. The number of anilines is 1. The summed E-state index contributed by atoms with van der Waals surface area (Å²) >= 11 is 1.54. The predicted molar refractivity (Wildman–Crippen MR) is 144 cm³/mol. The molecule has 2 atom stereocenters. The summed E-state index contributed by atoms with van der Waals surface area (Å²) in [4.78, 5) is 41.0. The highest BCUT2D eigenvalue weighted by molar-refractivity contribution is 7.98. The molecule has 0 heterocycles. The fourth-order valence-electron chi connectivity index (χ4n) is 3.76. The third-order valence-electron chi connectivity index (χ3n) is 5.50. The van der Waals surface area contributed by atoms with Crippen LogP contribution in [0.4, 0.5) is 10.5 Å². The summed E-state index contributed by atoms with van der Waals surface area (Å²) in [6, 6.07) is 9.98. The van der Waals surface area contributed by atoms with Gasteiger partial charge in [0.05, 0.1) is 0 Å². The average Bonchev–Trinajstić information content (AvgIpc) is 2.77. The van der Waals surface area contributed by atoms with Crippen LogP contribution in [0, 0.1) is 13.8 Å². The zero-order chi connectivity index (χ0) is 27.0. The van der Waals surface area contributed by atoms with Crippen LogP contribution in [0.25, 0.3) is 0 Å². The lowest BCUT2D eigenvalue weighted by molar-refractivity contribution is -0.139. The number of alkyl carbamates (subject to hydrolysis) is 1. The molecule has 0 aliphatic carbocycles. The number of aromatic hydroxyl groups is 1. The number of carbonyl (C=O) groups excluding carboxylic acids is 3. The third-order valence-corrected chi connectivity index (χ3v) is 6.14. The Labute approximate surface area is 217 Å². The van der Waals surface area contributed by atoms with Gasteiger partial charge in [0, 0.05) is 12.7 Å². The number of rotatable bonds is 9. The minimum absolute atomic E-state index is 0.0240. The number of para-hydroxylation sites is 1. The molecule has 0 saturated heterocycles. The number of nitrogens with one attached hydrogen (secondary N) is 2. The first kappa shape index (κ1) is 29.0. The smallest absolute Gasteiger partial charge is 0.408 e. The zero-order valence-electron chi connectivity index (χ0n) is 22.0. The van der Waals surface area contributed by atoms with Gasteiger partial charge in [-0.15, -0.1) is 0 Å². The van der Waals surface area contributed by atoms with E-state index in [2.05, 4.69) is 10.6 Å². The Morgan fingerprint density at radius 3 is 2.25 bits per heavy atom. The normalized spacial score (nSPS) is 12.9. The van der Waals surface area contributed by atoms with Gasteiger partial charge in [-0.25, -0.2) is 4.79 Å². The van der Waals surface area contributed by atoms with E-state index < -0.39 is 35.6 Å². The molecule has 2 aromatic rings. The standard InChI is InChI=1S/C27H37N3O5S/c1-17-10-8-11-18(2)22(17)29-24(32)23(19-12-9-13-20(31)16-19)30(6)25(33)21(14-15-36-7)28-26(34)35-27(3,4)5/h8-13,16,21,23,31H,14-15H2,1-7H3,(H,28,34)(H,29,32). The molecule has 9 heteroatoms. The van der Waals surface area contributed by atoms with Crippen LogP contribution < -0.4 is 10.6 Å². The second kappa shape index (κ2) is 12.7. The lowest BCUT2D eigenvalue weighted by atomic mass is 10.0. The largest absolute Gasteiger partial charge is 0.508 e. The number of nitrogens with zero attached hydrogens (tertiary/aromatic N) is 1. The summed E-state index contributed by atoms with van der Waals surface area (Å²) < 4.78 is 5.35. The molecule has 0 spiro atoms. The Morgan fingerprint density at radius 2 is 1.69 bits per heavy atom. The molecule has 2 rings (SSSR count). The quantitative estimate of drug-likeness (QED) is 0.443. The topological polar surface area (TPSA) is 108 Å². The number of benzene rings is 2. The van der Waals surface area contributed by atoms with Gasteiger partial charge >= 0.3 is 6.09 Å². The molecule has 8 nitrogen and oxygen atoms in total. The Balaban J connectivity index is 2.40. The zero-order valence-corrected chi connectivity index (χ0v) is 22.9. The summed E-state index contributed by atoms with van der Waals surface area (Å²) in [7, 11) is 1.52. The molecule has 0 aliphatic heterocycles. The average molecular weight is 516 g/mol. The second-order valence-electron chi connectivity index (χ2n) is 9.68. The Morgan fingerprint density at radius 1 is 1.08 bits per heavy atom. The lowest BCUT2D eigenvalue weighted by Gasteiger charge is -2.32. The van der Waals surface area contributed by atoms with Crippen LogP contribution in [0.3, 0.4) is 0 Å². The van der Waals surface area contributed by atoms with Crippen LogP contribution in [0.5, 0.6) is 5.75 Å². The lowest BCUT2D eigenvalue weighted by Crippen LogP contribution is -2.51. The maximum atomic E-state index is 13.6. The SMILES string of the molecule is CSCCC(NC(=O)OC(C)(C)C)C(=O)N(C)C(C(=O)Nc1c(C)cccc1C)c1cccc(O)c1. The number of carbonyl (C=O) groups is 3. The van der Waals surface area contributed by atoms with Gasteiger partial charge in [0.2, 0.25) is 5.91 Å². The molecule has 0 bridgehead atoms.